The summed E-state index contributed by atoms with van der Waals surface area (Å²) in [6.45, 7) is 1.92. The Morgan fingerprint density at radius 3 is 1.48 bits per heavy atom. The Morgan fingerprint density at radius 1 is 0.609 bits per heavy atom. The van der Waals surface area contributed by atoms with Crippen LogP contribution in [0.5, 0.6) is 0 Å². The highest BCUT2D eigenvalue weighted by Crippen LogP contribution is 2.11. The monoisotopic (exact) mass is 298 g/mol. The number of aryl methyl sites for hydroxylation is 1. The lowest BCUT2D eigenvalue weighted by molar-refractivity contribution is 1.03. The lowest BCUT2D eigenvalue weighted by Crippen LogP contribution is -1.93. The fourth-order valence-corrected chi connectivity index (χ4v) is 2.28. The number of benzene rings is 2. The van der Waals surface area contributed by atoms with E-state index in [-0.39, 0.29) is 0 Å². The zero-order valence-electron chi connectivity index (χ0n) is 13.1. The highest BCUT2D eigenvalue weighted by molar-refractivity contribution is 5.71. The van der Waals surface area contributed by atoms with Crippen LogP contribution in [0.4, 0.5) is 0 Å². The first-order valence-electron chi connectivity index (χ1n) is 7.61. The van der Waals surface area contributed by atoms with Crippen LogP contribution >= 0.6 is 0 Å². The first kappa shape index (κ1) is 14.9. The molecule has 1 aromatic heterocycles. The van der Waals surface area contributed by atoms with Crippen molar-refractivity contribution < 1.29 is 0 Å². The van der Waals surface area contributed by atoms with Gasteiger partial charge < -0.3 is 0 Å². The van der Waals surface area contributed by atoms with Crippen LogP contribution in [0.1, 0.15) is 28.3 Å². The molecular weight excluding hydrogens is 280 g/mol. The molecule has 0 fully saturated rings. The van der Waals surface area contributed by atoms with Crippen LogP contribution in [0.15, 0.2) is 66.7 Å². The molecule has 0 aliphatic rings. The molecule has 3 rings (SSSR count). The van der Waals surface area contributed by atoms with Crippen LogP contribution in [0, 0.1) is 6.92 Å². The van der Waals surface area contributed by atoms with E-state index in [0.29, 0.717) is 0 Å². The molecule has 0 spiro atoms. The van der Waals surface area contributed by atoms with Gasteiger partial charge in [0.05, 0.1) is 11.4 Å². The molecule has 2 aromatic carbocycles. The summed E-state index contributed by atoms with van der Waals surface area (Å²) in [5, 5.41) is 0. The van der Waals surface area contributed by atoms with Gasteiger partial charge in [0, 0.05) is 0 Å². The van der Waals surface area contributed by atoms with Crippen molar-refractivity contribution in [1.82, 2.24) is 9.97 Å². The van der Waals surface area contributed by atoms with E-state index in [1.165, 1.54) is 0 Å². The van der Waals surface area contributed by atoms with E-state index in [2.05, 4.69) is 46.4 Å². The van der Waals surface area contributed by atoms with Crippen LogP contribution in [0.2, 0.25) is 0 Å². The minimum absolute atomic E-state index is 0.771. The topological polar surface area (TPSA) is 25.8 Å². The average molecular weight is 298 g/mol. The third kappa shape index (κ3) is 4.48. The lowest BCUT2D eigenvalue weighted by atomic mass is 10.1. The van der Waals surface area contributed by atoms with Crippen molar-refractivity contribution in [1.29, 1.82) is 0 Å². The van der Waals surface area contributed by atoms with E-state index < -0.39 is 0 Å². The van der Waals surface area contributed by atoms with E-state index in [4.69, 9.17) is 0 Å². The summed E-state index contributed by atoms with van der Waals surface area (Å²) < 4.78 is 0. The van der Waals surface area contributed by atoms with Crippen molar-refractivity contribution in [3.63, 3.8) is 0 Å². The summed E-state index contributed by atoms with van der Waals surface area (Å²) in [7, 11) is 0. The molecule has 2 heteroatoms. The van der Waals surface area contributed by atoms with Crippen molar-refractivity contribution in [2.24, 2.45) is 0 Å². The molecule has 0 aliphatic heterocycles. The summed E-state index contributed by atoms with van der Waals surface area (Å²) >= 11 is 0. The molecule has 0 radical (unpaired) electrons. The number of aromatic nitrogens is 2. The summed E-state index contributed by atoms with van der Waals surface area (Å²) in [5.41, 5.74) is 4.14. The van der Waals surface area contributed by atoms with E-state index in [9.17, 15) is 0 Å². The van der Waals surface area contributed by atoms with Gasteiger partial charge in [-0.1, -0.05) is 72.8 Å². The van der Waals surface area contributed by atoms with Crippen molar-refractivity contribution in [2.45, 2.75) is 6.92 Å². The minimum atomic E-state index is 0.771. The molecule has 0 N–H and O–H groups in total. The van der Waals surface area contributed by atoms with E-state index in [1.54, 1.807) is 0 Å². The van der Waals surface area contributed by atoms with E-state index >= 15 is 0 Å². The Morgan fingerprint density at radius 2 is 1.04 bits per heavy atom. The van der Waals surface area contributed by atoms with Crippen LogP contribution < -0.4 is 0 Å². The standard InChI is InChI=1S/C21H18N2/c1-17-22-20(14-12-18-8-4-2-5-9-18)16-21(23-17)15-13-19-10-6-3-7-11-19/h2-16H,1H3/b14-12+,15-13?. The van der Waals surface area contributed by atoms with Gasteiger partial charge in [-0.05, 0) is 36.3 Å². The Labute approximate surface area is 136 Å². The molecule has 2 nitrogen and oxygen atoms in total. The smallest absolute Gasteiger partial charge is 0.126 e. The first-order chi connectivity index (χ1) is 11.3. The van der Waals surface area contributed by atoms with Crippen molar-refractivity contribution in [3.8, 4) is 0 Å². The van der Waals surface area contributed by atoms with Gasteiger partial charge in [0.1, 0.15) is 5.82 Å². The zero-order chi connectivity index (χ0) is 15.9. The van der Waals surface area contributed by atoms with Crippen molar-refractivity contribution >= 4 is 24.3 Å². The summed E-state index contributed by atoms with van der Waals surface area (Å²) in [5.74, 6) is 0.771. The molecular formula is C21H18N2. The third-order valence-corrected chi connectivity index (χ3v) is 3.37. The number of hydrogen-bond acceptors (Lipinski definition) is 2. The van der Waals surface area contributed by atoms with Gasteiger partial charge in [0.2, 0.25) is 0 Å². The van der Waals surface area contributed by atoms with Gasteiger partial charge >= 0.3 is 0 Å². The van der Waals surface area contributed by atoms with Gasteiger partial charge in [0.25, 0.3) is 0 Å². The van der Waals surface area contributed by atoms with Crippen molar-refractivity contribution in [3.05, 3.63) is 95.1 Å². The normalized spacial score (nSPS) is 11.3. The second kappa shape index (κ2) is 7.32. The number of hydrogen-bond donors (Lipinski definition) is 0. The quantitative estimate of drug-likeness (QED) is 0.667. The van der Waals surface area contributed by atoms with E-state index in [0.717, 1.165) is 28.3 Å². The summed E-state index contributed by atoms with van der Waals surface area (Å²) in [4.78, 5) is 8.94. The first-order valence-corrected chi connectivity index (χ1v) is 7.61. The van der Waals surface area contributed by atoms with Crippen molar-refractivity contribution in [2.75, 3.05) is 0 Å². The van der Waals surface area contributed by atoms with Crippen LogP contribution in [0.25, 0.3) is 24.3 Å². The largest absolute Gasteiger partial charge is 0.234 e. The summed E-state index contributed by atoms with van der Waals surface area (Å²) in [6.07, 6.45) is 8.16. The predicted molar refractivity (Wildman–Crippen MR) is 97.5 cm³/mol. The Kier molecular flexibility index (Phi) is 4.75. The molecule has 0 atom stereocenters. The number of nitrogens with zero attached hydrogens (tertiary/aromatic N) is 2. The Balaban J connectivity index is 1.82. The second-order valence-corrected chi connectivity index (χ2v) is 5.25. The lowest BCUT2D eigenvalue weighted by Gasteiger charge is -2.00. The molecule has 0 saturated heterocycles. The maximum Gasteiger partial charge on any atom is 0.126 e. The Hall–Kier alpha value is -3.00. The Bertz CT molecular complexity index is 751. The van der Waals surface area contributed by atoms with E-state index in [1.807, 2.05) is 61.5 Å². The maximum absolute atomic E-state index is 4.47. The third-order valence-electron chi connectivity index (χ3n) is 3.37. The molecule has 0 bridgehead atoms. The molecule has 112 valence electrons. The molecule has 0 saturated carbocycles. The average Bonchev–Trinajstić information content (AvgIpc) is 2.60. The van der Waals surface area contributed by atoms with Gasteiger partial charge in [-0.25, -0.2) is 9.97 Å². The minimum Gasteiger partial charge on any atom is -0.234 e. The molecule has 0 unspecified atom stereocenters. The molecule has 0 amide bonds. The van der Waals surface area contributed by atoms with Gasteiger partial charge in [-0.3, -0.25) is 0 Å². The second-order valence-electron chi connectivity index (χ2n) is 5.25. The number of rotatable bonds is 4. The SMILES string of the molecule is Cc1nc(C=Cc2ccccc2)cc(/C=C/c2ccccc2)n1. The van der Waals surface area contributed by atoms with Crippen LogP contribution in [-0.2, 0) is 0 Å². The fourth-order valence-electron chi connectivity index (χ4n) is 2.28. The fraction of sp³-hybridized carbons (Fsp3) is 0.0476. The zero-order valence-corrected chi connectivity index (χ0v) is 13.1. The highest BCUT2D eigenvalue weighted by Gasteiger charge is 1.97. The van der Waals surface area contributed by atoms with Gasteiger partial charge in [-0.15, -0.1) is 0 Å². The summed E-state index contributed by atoms with van der Waals surface area (Å²) in [6, 6.07) is 22.4. The molecule has 3 aromatic rings. The highest BCUT2D eigenvalue weighted by atomic mass is 14.9. The maximum atomic E-state index is 4.47. The predicted octanol–water partition coefficient (Wildman–Crippen LogP) is 5.13. The van der Waals surface area contributed by atoms with Gasteiger partial charge in [-0.2, -0.15) is 0 Å². The molecule has 23 heavy (non-hydrogen) atoms. The van der Waals surface area contributed by atoms with Crippen LogP contribution in [-0.4, -0.2) is 9.97 Å². The molecule has 0 aliphatic carbocycles. The molecule has 1 heterocycles. The van der Waals surface area contributed by atoms with Crippen LogP contribution in [0.3, 0.4) is 0 Å². The van der Waals surface area contributed by atoms with Gasteiger partial charge in [0.15, 0.2) is 0 Å².